The Balaban J connectivity index is 3.83. The van der Waals surface area contributed by atoms with Gasteiger partial charge in [-0.3, -0.25) is 9.69 Å². The predicted octanol–water partition coefficient (Wildman–Crippen LogP) is 0.396. The van der Waals surface area contributed by atoms with Gasteiger partial charge in [0.25, 0.3) is 0 Å². The second-order valence-corrected chi connectivity index (χ2v) is 3.57. The molecule has 0 aliphatic heterocycles. The van der Waals surface area contributed by atoms with Crippen molar-refractivity contribution in [2.45, 2.75) is 20.8 Å². The second kappa shape index (κ2) is 8.68. The smallest absolute Gasteiger partial charge is 0.233 e. The summed E-state index contributed by atoms with van der Waals surface area (Å²) in [6.07, 6.45) is 0. The molecular formula is C11H25N3O. The molecule has 0 saturated heterocycles. The summed E-state index contributed by atoms with van der Waals surface area (Å²) in [5, 5.41) is 2.65. The quantitative estimate of drug-likeness (QED) is 0.636. The summed E-state index contributed by atoms with van der Waals surface area (Å²) in [6, 6.07) is 0. The van der Waals surface area contributed by atoms with Crippen molar-refractivity contribution in [3.63, 3.8) is 0 Å². The molecule has 0 aromatic heterocycles. The maximum Gasteiger partial charge on any atom is 0.233 e. The van der Waals surface area contributed by atoms with Gasteiger partial charge in [0.1, 0.15) is 0 Å². The first-order valence-electron chi connectivity index (χ1n) is 5.83. The molecule has 0 heterocycles. The fraction of sp³-hybridized carbons (Fsp3) is 0.909. The normalized spacial score (nSPS) is 11.1. The van der Waals surface area contributed by atoms with Crippen LogP contribution in [-0.2, 0) is 4.79 Å². The Hall–Kier alpha value is -0.610. The standard InChI is InChI=1S/C11H25N3O/c1-5-13(6-2)8-9-14(7-3)10-11(15)12-4/h5-10H2,1-4H3,(H,12,15). The average molecular weight is 215 g/mol. The molecule has 0 saturated carbocycles. The summed E-state index contributed by atoms with van der Waals surface area (Å²) < 4.78 is 0. The van der Waals surface area contributed by atoms with Crippen molar-refractivity contribution < 1.29 is 4.79 Å². The number of rotatable bonds is 8. The zero-order valence-electron chi connectivity index (χ0n) is 10.5. The lowest BCUT2D eigenvalue weighted by Crippen LogP contribution is -2.40. The van der Waals surface area contributed by atoms with Gasteiger partial charge >= 0.3 is 0 Å². The molecule has 0 rings (SSSR count). The van der Waals surface area contributed by atoms with Crippen LogP contribution in [-0.4, -0.2) is 62.0 Å². The fourth-order valence-electron chi connectivity index (χ4n) is 1.45. The molecule has 1 amide bonds. The molecule has 0 aliphatic carbocycles. The Labute approximate surface area is 93.6 Å². The minimum atomic E-state index is 0.0939. The van der Waals surface area contributed by atoms with Crippen LogP contribution in [0.4, 0.5) is 0 Å². The molecule has 0 radical (unpaired) electrons. The maximum absolute atomic E-state index is 11.2. The van der Waals surface area contributed by atoms with Crippen molar-refractivity contribution in [1.29, 1.82) is 0 Å². The first-order chi connectivity index (χ1) is 7.17. The van der Waals surface area contributed by atoms with Crippen LogP contribution < -0.4 is 5.32 Å². The van der Waals surface area contributed by atoms with Gasteiger partial charge in [0.2, 0.25) is 5.91 Å². The van der Waals surface area contributed by atoms with Crippen LogP contribution in [0.15, 0.2) is 0 Å². The highest BCUT2D eigenvalue weighted by Crippen LogP contribution is 1.91. The molecule has 0 fully saturated rings. The van der Waals surface area contributed by atoms with E-state index in [-0.39, 0.29) is 5.91 Å². The number of nitrogens with one attached hydrogen (secondary N) is 1. The minimum absolute atomic E-state index is 0.0939. The number of nitrogens with zero attached hydrogens (tertiary/aromatic N) is 2. The summed E-state index contributed by atoms with van der Waals surface area (Å²) in [4.78, 5) is 15.7. The van der Waals surface area contributed by atoms with Gasteiger partial charge in [0, 0.05) is 20.1 Å². The van der Waals surface area contributed by atoms with Gasteiger partial charge in [-0.25, -0.2) is 0 Å². The third-order valence-corrected chi connectivity index (χ3v) is 2.72. The SMILES string of the molecule is CCN(CC)CCN(CC)CC(=O)NC. The van der Waals surface area contributed by atoms with Crippen molar-refractivity contribution in [1.82, 2.24) is 15.1 Å². The molecule has 0 bridgehead atoms. The molecule has 0 aliphatic rings. The summed E-state index contributed by atoms with van der Waals surface area (Å²) in [7, 11) is 1.68. The highest BCUT2D eigenvalue weighted by Gasteiger charge is 2.08. The van der Waals surface area contributed by atoms with Crippen LogP contribution in [0.1, 0.15) is 20.8 Å². The molecule has 15 heavy (non-hydrogen) atoms. The van der Waals surface area contributed by atoms with Crippen LogP contribution in [0.3, 0.4) is 0 Å². The van der Waals surface area contributed by atoms with Crippen LogP contribution >= 0.6 is 0 Å². The highest BCUT2D eigenvalue weighted by atomic mass is 16.1. The number of hydrogen-bond donors (Lipinski definition) is 1. The highest BCUT2D eigenvalue weighted by molar-refractivity contribution is 5.77. The van der Waals surface area contributed by atoms with Crippen molar-refractivity contribution in [3.8, 4) is 0 Å². The van der Waals surface area contributed by atoms with Crippen molar-refractivity contribution in [3.05, 3.63) is 0 Å². The van der Waals surface area contributed by atoms with Gasteiger partial charge in [-0.1, -0.05) is 20.8 Å². The Morgan fingerprint density at radius 1 is 1.00 bits per heavy atom. The van der Waals surface area contributed by atoms with Crippen LogP contribution in [0, 0.1) is 0 Å². The van der Waals surface area contributed by atoms with Crippen LogP contribution in [0.25, 0.3) is 0 Å². The van der Waals surface area contributed by atoms with Gasteiger partial charge in [-0.15, -0.1) is 0 Å². The topological polar surface area (TPSA) is 35.6 Å². The lowest BCUT2D eigenvalue weighted by molar-refractivity contribution is -0.121. The number of carbonyl (C=O) groups excluding carboxylic acids is 1. The monoisotopic (exact) mass is 215 g/mol. The molecule has 0 aromatic rings. The van der Waals surface area contributed by atoms with E-state index in [0.29, 0.717) is 6.54 Å². The summed E-state index contributed by atoms with van der Waals surface area (Å²) in [5.41, 5.74) is 0. The number of carbonyl (C=O) groups is 1. The lowest BCUT2D eigenvalue weighted by Gasteiger charge is -2.24. The van der Waals surface area contributed by atoms with Gasteiger partial charge in [-0.05, 0) is 19.6 Å². The number of hydrogen-bond acceptors (Lipinski definition) is 3. The molecule has 4 nitrogen and oxygen atoms in total. The summed E-state index contributed by atoms with van der Waals surface area (Å²) in [6.45, 7) is 12.0. The largest absolute Gasteiger partial charge is 0.358 e. The number of amides is 1. The lowest BCUT2D eigenvalue weighted by atomic mass is 10.4. The van der Waals surface area contributed by atoms with Gasteiger partial charge in [0.15, 0.2) is 0 Å². The minimum Gasteiger partial charge on any atom is -0.358 e. The van der Waals surface area contributed by atoms with E-state index in [1.807, 2.05) is 0 Å². The third kappa shape index (κ3) is 6.47. The van der Waals surface area contributed by atoms with Crippen molar-refractivity contribution in [2.75, 3.05) is 46.3 Å². The van der Waals surface area contributed by atoms with Gasteiger partial charge < -0.3 is 10.2 Å². The Kier molecular flexibility index (Phi) is 8.33. The van der Waals surface area contributed by atoms with E-state index in [1.165, 1.54) is 0 Å². The zero-order chi connectivity index (χ0) is 11.7. The number of likely N-dealkylation sites (N-methyl/N-ethyl adjacent to an activating group) is 3. The summed E-state index contributed by atoms with van der Waals surface area (Å²) >= 11 is 0. The third-order valence-electron chi connectivity index (χ3n) is 2.72. The first kappa shape index (κ1) is 14.4. The summed E-state index contributed by atoms with van der Waals surface area (Å²) in [5.74, 6) is 0.0939. The van der Waals surface area contributed by atoms with Crippen LogP contribution in [0.2, 0.25) is 0 Å². The van der Waals surface area contributed by atoms with E-state index in [0.717, 1.165) is 32.7 Å². The van der Waals surface area contributed by atoms with Gasteiger partial charge in [0.05, 0.1) is 6.54 Å². The average Bonchev–Trinajstić information content (AvgIpc) is 2.28. The van der Waals surface area contributed by atoms with E-state index < -0.39 is 0 Å². The second-order valence-electron chi connectivity index (χ2n) is 3.57. The first-order valence-corrected chi connectivity index (χ1v) is 5.83. The van der Waals surface area contributed by atoms with Crippen molar-refractivity contribution in [2.24, 2.45) is 0 Å². The predicted molar refractivity (Wildman–Crippen MR) is 64.0 cm³/mol. The zero-order valence-corrected chi connectivity index (χ0v) is 10.5. The Bertz CT molecular complexity index is 169. The van der Waals surface area contributed by atoms with Gasteiger partial charge in [-0.2, -0.15) is 0 Å². The molecule has 0 aromatic carbocycles. The van der Waals surface area contributed by atoms with E-state index in [4.69, 9.17) is 0 Å². The molecule has 4 heteroatoms. The molecule has 0 spiro atoms. The molecule has 0 unspecified atom stereocenters. The maximum atomic E-state index is 11.2. The van der Waals surface area contributed by atoms with Crippen LogP contribution in [0.5, 0.6) is 0 Å². The molecule has 1 N–H and O–H groups in total. The van der Waals surface area contributed by atoms with E-state index in [2.05, 4.69) is 35.9 Å². The molecule has 0 atom stereocenters. The van der Waals surface area contributed by atoms with Crippen molar-refractivity contribution >= 4 is 5.91 Å². The Morgan fingerprint density at radius 2 is 1.47 bits per heavy atom. The van der Waals surface area contributed by atoms with E-state index >= 15 is 0 Å². The molecule has 90 valence electrons. The molecular weight excluding hydrogens is 190 g/mol. The van der Waals surface area contributed by atoms with E-state index in [1.54, 1.807) is 7.05 Å². The fourth-order valence-corrected chi connectivity index (χ4v) is 1.45. The Morgan fingerprint density at radius 3 is 1.87 bits per heavy atom. The van der Waals surface area contributed by atoms with E-state index in [9.17, 15) is 4.79 Å².